The lowest BCUT2D eigenvalue weighted by Gasteiger charge is -1.90. The molecule has 0 fully saturated rings. The molecular weight excluding hydrogens is 180 g/mol. The SMILES string of the molecule is Cc1csc(C(=NO)C(=O)O)n1. The van der Waals surface area contributed by atoms with Gasteiger partial charge in [-0.3, -0.25) is 0 Å². The summed E-state index contributed by atoms with van der Waals surface area (Å²) in [5.74, 6) is -1.29. The monoisotopic (exact) mass is 186 g/mol. The number of carboxylic acids is 1. The Hall–Kier alpha value is -1.43. The van der Waals surface area contributed by atoms with Crippen LogP contribution in [0.2, 0.25) is 0 Å². The van der Waals surface area contributed by atoms with Crippen molar-refractivity contribution in [3.05, 3.63) is 16.1 Å². The number of aromatic nitrogens is 1. The maximum Gasteiger partial charge on any atom is 0.361 e. The molecule has 0 atom stereocenters. The zero-order valence-electron chi connectivity index (χ0n) is 6.18. The second-order valence-corrected chi connectivity index (χ2v) is 2.91. The fourth-order valence-corrected chi connectivity index (χ4v) is 1.41. The number of hydrogen-bond acceptors (Lipinski definition) is 5. The molecule has 5 nitrogen and oxygen atoms in total. The number of carbonyl (C=O) groups is 1. The van der Waals surface area contributed by atoms with Crippen molar-refractivity contribution in [3.63, 3.8) is 0 Å². The van der Waals surface area contributed by atoms with E-state index in [1.807, 2.05) is 0 Å². The third-order valence-corrected chi connectivity index (χ3v) is 2.09. The first-order valence-electron chi connectivity index (χ1n) is 3.03. The molecule has 1 aromatic rings. The van der Waals surface area contributed by atoms with Gasteiger partial charge in [-0.15, -0.1) is 11.3 Å². The first kappa shape index (κ1) is 8.66. The van der Waals surface area contributed by atoms with Crippen LogP contribution in [0.1, 0.15) is 10.7 Å². The van der Waals surface area contributed by atoms with Gasteiger partial charge in [-0.25, -0.2) is 9.78 Å². The summed E-state index contributed by atoms with van der Waals surface area (Å²) >= 11 is 1.13. The number of hydrogen-bond donors (Lipinski definition) is 2. The van der Waals surface area contributed by atoms with Crippen LogP contribution in [0.5, 0.6) is 0 Å². The Balaban J connectivity index is 3.04. The van der Waals surface area contributed by atoms with Gasteiger partial charge in [-0.05, 0) is 6.92 Å². The molecular formula is C6H6N2O3S. The molecule has 64 valence electrons. The van der Waals surface area contributed by atoms with Gasteiger partial charge in [0, 0.05) is 11.1 Å². The van der Waals surface area contributed by atoms with Crippen molar-refractivity contribution >= 4 is 23.0 Å². The van der Waals surface area contributed by atoms with Gasteiger partial charge in [-0.1, -0.05) is 5.16 Å². The highest BCUT2D eigenvalue weighted by molar-refractivity contribution is 7.12. The third-order valence-electron chi connectivity index (χ3n) is 1.12. The van der Waals surface area contributed by atoms with E-state index in [1.165, 1.54) is 0 Å². The minimum absolute atomic E-state index is 0.211. The molecule has 0 saturated heterocycles. The highest BCUT2D eigenvalue weighted by atomic mass is 32.1. The minimum Gasteiger partial charge on any atom is -0.476 e. The molecule has 1 rings (SSSR count). The van der Waals surface area contributed by atoms with E-state index < -0.39 is 11.7 Å². The van der Waals surface area contributed by atoms with Gasteiger partial charge >= 0.3 is 5.97 Å². The van der Waals surface area contributed by atoms with Crippen molar-refractivity contribution in [2.24, 2.45) is 5.16 Å². The minimum atomic E-state index is -1.29. The van der Waals surface area contributed by atoms with Gasteiger partial charge in [0.2, 0.25) is 5.71 Å². The fraction of sp³-hybridized carbons (Fsp3) is 0.167. The molecule has 12 heavy (non-hydrogen) atoms. The highest BCUT2D eigenvalue weighted by Crippen LogP contribution is 2.09. The first-order valence-corrected chi connectivity index (χ1v) is 3.91. The normalized spacial score (nSPS) is 11.6. The van der Waals surface area contributed by atoms with Gasteiger partial charge in [0.05, 0.1) is 0 Å². The van der Waals surface area contributed by atoms with Gasteiger partial charge in [-0.2, -0.15) is 0 Å². The summed E-state index contributed by atoms with van der Waals surface area (Å²) in [6, 6.07) is 0. The maximum atomic E-state index is 10.4. The summed E-state index contributed by atoms with van der Waals surface area (Å²) in [6.07, 6.45) is 0. The molecule has 0 aliphatic carbocycles. The van der Waals surface area contributed by atoms with Gasteiger partial charge in [0.15, 0.2) is 5.01 Å². The predicted molar refractivity (Wildman–Crippen MR) is 42.8 cm³/mol. The molecule has 0 amide bonds. The highest BCUT2D eigenvalue weighted by Gasteiger charge is 2.16. The van der Waals surface area contributed by atoms with Crippen molar-refractivity contribution < 1.29 is 15.1 Å². The van der Waals surface area contributed by atoms with Crippen molar-refractivity contribution in [1.82, 2.24) is 4.98 Å². The van der Waals surface area contributed by atoms with E-state index >= 15 is 0 Å². The van der Waals surface area contributed by atoms with Crippen LogP contribution in [-0.2, 0) is 4.79 Å². The molecule has 1 heterocycles. The first-order chi connectivity index (χ1) is 5.65. The van der Waals surface area contributed by atoms with Gasteiger partial charge < -0.3 is 10.3 Å². The number of thiazole rings is 1. The fourth-order valence-electron chi connectivity index (χ4n) is 0.640. The van der Waals surface area contributed by atoms with Crippen molar-refractivity contribution in [2.45, 2.75) is 6.92 Å². The molecule has 0 radical (unpaired) electrons. The number of aliphatic carboxylic acids is 1. The summed E-state index contributed by atoms with van der Waals surface area (Å²) in [7, 11) is 0. The van der Waals surface area contributed by atoms with Crippen LogP contribution in [0.25, 0.3) is 0 Å². The third kappa shape index (κ3) is 1.59. The summed E-state index contributed by atoms with van der Waals surface area (Å²) in [6.45, 7) is 1.73. The molecule has 2 N–H and O–H groups in total. The quantitative estimate of drug-likeness (QED) is 0.405. The molecule has 0 spiro atoms. The second-order valence-electron chi connectivity index (χ2n) is 2.05. The van der Waals surface area contributed by atoms with E-state index in [1.54, 1.807) is 12.3 Å². The second kappa shape index (κ2) is 3.31. The Morgan fingerprint density at radius 1 is 1.75 bits per heavy atom. The number of aryl methyl sites for hydroxylation is 1. The molecule has 0 bridgehead atoms. The molecule has 0 aliphatic heterocycles. The van der Waals surface area contributed by atoms with Crippen LogP contribution in [0.4, 0.5) is 0 Å². The van der Waals surface area contributed by atoms with Crippen LogP contribution < -0.4 is 0 Å². The van der Waals surface area contributed by atoms with Crippen molar-refractivity contribution in [1.29, 1.82) is 0 Å². The Bertz CT molecular complexity index is 331. The molecule has 0 aliphatic rings. The van der Waals surface area contributed by atoms with E-state index in [4.69, 9.17) is 10.3 Å². The predicted octanol–water partition coefficient (Wildman–Crippen LogP) is 0.714. The number of nitrogens with zero attached hydrogens (tertiary/aromatic N) is 2. The summed E-state index contributed by atoms with van der Waals surface area (Å²) in [5, 5.41) is 21.4. The Labute approximate surface area is 72.0 Å². The van der Waals surface area contributed by atoms with Crippen molar-refractivity contribution in [3.8, 4) is 0 Å². The average molecular weight is 186 g/mol. The van der Waals surface area contributed by atoms with E-state index in [9.17, 15) is 4.79 Å². The van der Waals surface area contributed by atoms with Crippen LogP contribution in [0.15, 0.2) is 10.5 Å². The van der Waals surface area contributed by atoms with Gasteiger partial charge in [0.25, 0.3) is 0 Å². The molecule has 6 heteroatoms. The smallest absolute Gasteiger partial charge is 0.361 e. The molecule has 0 aromatic carbocycles. The summed E-state index contributed by atoms with van der Waals surface area (Å²) < 4.78 is 0. The number of oxime groups is 1. The lowest BCUT2D eigenvalue weighted by Crippen LogP contribution is -2.14. The van der Waals surface area contributed by atoms with E-state index in [-0.39, 0.29) is 5.01 Å². The summed E-state index contributed by atoms with van der Waals surface area (Å²) in [4.78, 5) is 14.3. The van der Waals surface area contributed by atoms with Crippen LogP contribution in [-0.4, -0.2) is 27.0 Å². The van der Waals surface area contributed by atoms with E-state index in [2.05, 4.69) is 10.1 Å². The molecule has 0 unspecified atom stereocenters. The van der Waals surface area contributed by atoms with Crippen molar-refractivity contribution in [2.75, 3.05) is 0 Å². The van der Waals surface area contributed by atoms with Gasteiger partial charge in [0.1, 0.15) is 0 Å². The topological polar surface area (TPSA) is 82.8 Å². The lowest BCUT2D eigenvalue weighted by molar-refractivity contribution is -0.129. The number of rotatable bonds is 2. The average Bonchev–Trinajstić information content (AvgIpc) is 2.37. The Kier molecular flexibility index (Phi) is 2.39. The van der Waals surface area contributed by atoms with Crippen LogP contribution in [0, 0.1) is 6.92 Å². The standard InChI is InChI=1S/C6H6N2O3S/c1-3-2-12-5(7-3)4(8-11)6(9)10/h2,11H,1H3,(H,9,10). The van der Waals surface area contributed by atoms with E-state index in [0.717, 1.165) is 11.3 Å². The maximum absolute atomic E-state index is 10.4. The van der Waals surface area contributed by atoms with Crippen LogP contribution >= 0.6 is 11.3 Å². The number of carboxylic acid groups (broad SMARTS) is 1. The Morgan fingerprint density at radius 3 is 2.75 bits per heavy atom. The molecule has 1 aromatic heterocycles. The van der Waals surface area contributed by atoms with E-state index in [0.29, 0.717) is 5.69 Å². The molecule has 0 saturated carbocycles. The summed E-state index contributed by atoms with van der Waals surface area (Å²) in [5.41, 5.74) is 0.283. The lowest BCUT2D eigenvalue weighted by atomic mass is 10.4. The zero-order chi connectivity index (χ0) is 9.14. The zero-order valence-corrected chi connectivity index (χ0v) is 7.00. The van der Waals surface area contributed by atoms with Crippen LogP contribution in [0.3, 0.4) is 0 Å². The largest absolute Gasteiger partial charge is 0.476 e. The Morgan fingerprint density at radius 2 is 2.42 bits per heavy atom.